The van der Waals surface area contributed by atoms with Gasteiger partial charge in [0.15, 0.2) is 6.10 Å². The fraction of sp³-hybridized carbons (Fsp3) is 0.623. The molecule has 0 rings (SSSR count). The molecule has 0 spiro atoms. The summed E-state index contributed by atoms with van der Waals surface area (Å²) in [4.78, 5) is 38.0. The van der Waals surface area contributed by atoms with Gasteiger partial charge < -0.3 is 14.2 Å². The maximum Gasteiger partial charge on any atom is 0.306 e. The minimum Gasteiger partial charge on any atom is -0.462 e. The van der Waals surface area contributed by atoms with E-state index in [1.54, 1.807) is 0 Å². The van der Waals surface area contributed by atoms with Crippen LogP contribution in [0, 0.1) is 0 Å². The zero-order valence-electron chi connectivity index (χ0n) is 43.1. The van der Waals surface area contributed by atoms with Crippen molar-refractivity contribution in [3.63, 3.8) is 0 Å². The normalized spacial score (nSPS) is 13.1. The van der Waals surface area contributed by atoms with E-state index in [-0.39, 0.29) is 44.0 Å². The molecule has 6 heteroatoms. The van der Waals surface area contributed by atoms with E-state index in [4.69, 9.17) is 14.2 Å². The van der Waals surface area contributed by atoms with Gasteiger partial charge in [0.05, 0.1) is 0 Å². The lowest BCUT2D eigenvalue weighted by Gasteiger charge is -2.18. The summed E-state index contributed by atoms with van der Waals surface area (Å²) in [7, 11) is 0. The van der Waals surface area contributed by atoms with Crippen LogP contribution in [0.15, 0.2) is 122 Å². The summed E-state index contributed by atoms with van der Waals surface area (Å²) >= 11 is 0. The van der Waals surface area contributed by atoms with Crippen LogP contribution in [0.3, 0.4) is 0 Å². The van der Waals surface area contributed by atoms with Crippen LogP contribution < -0.4 is 0 Å². The van der Waals surface area contributed by atoms with Crippen molar-refractivity contribution >= 4 is 17.9 Å². The third-order valence-electron chi connectivity index (χ3n) is 11.0. The summed E-state index contributed by atoms with van der Waals surface area (Å²) in [5.74, 6) is -1.04. The molecule has 0 aliphatic rings. The first kappa shape index (κ1) is 62.8. The van der Waals surface area contributed by atoms with Gasteiger partial charge in [-0.2, -0.15) is 0 Å². The first-order valence-corrected chi connectivity index (χ1v) is 27.1. The Balaban J connectivity index is 4.56. The van der Waals surface area contributed by atoms with E-state index in [9.17, 15) is 14.4 Å². The van der Waals surface area contributed by atoms with Crippen molar-refractivity contribution in [3.8, 4) is 0 Å². The SMILES string of the molecule is CC/C=C\C/C=C\C/C=C\C/C=C\C/C=C\C/C=C\CCC(=O)OCC(COC(=O)CCCCCCC/C=C\CCCCC)OC(=O)CCCCCCC\C=C/C=C\C=C/CCCCCCC. The van der Waals surface area contributed by atoms with Crippen LogP contribution in [0.4, 0.5) is 0 Å². The van der Waals surface area contributed by atoms with Crippen molar-refractivity contribution in [1.82, 2.24) is 0 Å². The number of rotatable bonds is 47. The minimum absolute atomic E-state index is 0.117. The highest BCUT2D eigenvalue weighted by Crippen LogP contribution is 2.12. The number of hydrogen-bond donors (Lipinski definition) is 0. The first-order valence-electron chi connectivity index (χ1n) is 27.1. The molecule has 0 aromatic carbocycles. The highest BCUT2D eigenvalue weighted by Gasteiger charge is 2.19. The Kier molecular flexibility index (Phi) is 51.0. The molecule has 0 fully saturated rings. The minimum atomic E-state index is -0.826. The summed E-state index contributed by atoms with van der Waals surface area (Å²) in [6.07, 6.45) is 74.8. The number of carbonyl (C=O) groups is 3. The van der Waals surface area contributed by atoms with Crippen molar-refractivity contribution in [1.29, 1.82) is 0 Å². The van der Waals surface area contributed by atoms with Gasteiger partial charge in [-0.3, -0.25) is 14.4 Å². The van der Waals surface area contributed by atoms with E-state index in [0.29, 0.717) is 12.8 Å². The summed E-state index contributed by atoms with van der Waals surface area (Å²) < 4.78 is 16.7. The monoisotopic (exact) mass is 927 g/mol. The van der Waals surface area contributed by atoms with Crippen molar-refractivity contribution in [3.05, 3.63) is 122 Å². The fourth-order valence-corrected chi connectivity index (χ4v) is 6.93. The van der Waals surface area contributed by atoms with Gasteiger partial charge in [-0.05, 0) is 109 Å². The van der Waals surface area contributed by atoms with Gasteiger partial charge >= 0.3 is 17.9 Å². The van der Waals surface area contributed by atoms with Gasteiger partial charge in [0.2, 0.25) is 0 Å². The molecule has 378 valence electrons. The highest BCUT2D eigenvalue weighted by atomic mass is 16.6. The first-order chi connectivity index (χ1) is 33.0. The topological polar surface area (TPSA) is 78.9 Å². The molecule has 0 aliphatic carbocycles. The van der Waals surface area contributed by atoms with Crippen LogP contribution in [0.5, 0.6) is 0 Å². The molecule has 0 N–H and O–H groups in total. The average Bonchev–Trinajstić information content (AvgIpc) is 3.33. The standard InChI is InChI=1S/C61H98O6/c1-4-7-10-13-16-19-22-25-27-29-31-33-34-36-39-42-45-48-51-54-60(63)66-57-58(56-65-59(62)53-50-47-44-41-38-24-21-18-15-12-9-6-3)67-61(64)55-52-49-46-43-40-37-35-32-30-28-26-23-20-17-14-11-8-5-2/h7,10,16,18-19,21,23,25-28,30-33,35-36,39,45,48,58H,4-6,8-9,11-15,17,20,22,24,29,34,37-38,40-44,46-47,49-57H2,1-3H3/b10-7-,19-16-,21-18-,26-23-,27-25-,30-28-,33-31-,35-32-,39-36-,48-45-. The molecular weight excluding hydrogens is 829 g/mol. The second kappa shape index (κ2) is 54.4. The molecule has 0 aromatic rings. The fourth-order valence-electron chi connectivity index (χ4n) is 6.93. The van der Waals surface area contributed by atoms with Crippen molar-refractivity contribution in [2.24, 2.45) is 0 Å². The van der Waals surface area contributed by atoms with E-state index >= 15 is 0 Å². The zero-order chi connectivity index (χ0) is 48.6. The summed E-state index contributed by atoms with van der Waals surface area (Å²) in [6, 6.07) is 0. The van der Waals surface area contributed by atoms with E-state index in [0.717, 1.165) is 116 Å². The lowest BCUT2D eigenvalue weighted by atomic mass is 10.1. The lowest BCUT2D eigenvalue weighted by molar-refractivity contribution is -0.166. The smallest absolute Gasteiger partial charge is 0.306 e. The van der Waals surface area contributed by atoms with Crippen molar-refractivity contribution < 1.29 is 28.6 Å². The molecule has 6 nitrogen and oxygen atoms in total. The number of esters is 3. The number of ether oxygens (including phenoxy) is 3. The molecule has 0 bridgehead atoms. The number of allylic oxidation sites excluding steroid dienone is 20. The molecule has 0 aliphatic heterocycles. The van der Waals surface area contributed by atoms with Crippen LogP contribution in [-0.2, 0) is 28.6 Å². The number of carbonyl (C=O) groups excluding carboxylic acids is 3. The molecular formula is C61H98O6. The third-order valence-corrected chi connectivity index (χ3v) is 11.0. The molecule has 0 radical (unpaired) electrons. The Bertz CT molecular complexity index is 1440. The Morgan fingerprint density at radius 3 is 1.15 bits per heavy atom. The molecule has 0 heterocycles. The quantitative estimate of drug-likeness (QED) is 0.0199. The van der Waals surface area contributed by atoms with Crippen LogP contribution in [0.1, 0.15) is 226 Å². The molecule has 1 unspecified atom stereocenters. The van der Waals surface area contributed by atoms with E-state index in [1.165, 1.54) is 64.2 Å². The summed E-state index contributed by atoms with van der Waals surface area (Å²) in [5, 5.41) is 0. The second-order valence-electron chi connectivity index (χ2n) is 17.5. The lowest BCUT2D eigenvalue weighted by Crippen LogP contribution is -2.30. The van der Waals surface area contributed by atoms with E-state index in [2.05, 4.69) is 130 Å². The van der Waals surface area contributed by atoms with Crippen LogP contribution >= 0.6 is 0 Å². The van der Waals surface area contributed by atoms with Gasteiger partial charge in [-0.25, -0.2) is 0 Å². The predicted octanol–water partition coefficient (Wildman–Crippen LogP) is 18.1. The Morgan fingerprint density at radius 1 is 0.328 bits per heavy atom. The molecule has 0 aromatic heterocycles. The van der Waals surface area contributed by atoms with E-state index < -0.39 is 6.10 Å². The maximum absolute atomic E-state index is 12.8. The Morgan fingerprint density at radius 2 is 0.672 bits per heavy atom. The number of unbranched alkanes of at least 4 members (excludes halogenated alkanes) is 18. The van der Waals surface area contributed by atoms with Crippen LogP contribution in [0.25, 0.3) is 0 Å². The molecule has 0 saturated carbocycles. The highest BCUT2D eigenvalue weighted by molar-refractivity contribution is 5.71. The average molecular weight is 927 g/mol. The van der Waals surface area contributed by atoms with Crippen LogP contribution in [0.2, 0.25) is 0 Å². The third kappa shape index (κ3) is 52.6. The summed E-state index contributed by atoms with van der Waals surface area (Å²) in [5.41, 5.74) is 0. The van der Waals surface area contributed by atoms with Crippen LogP contribution in [-0.4, -0.2) is 37.2 Å². The molecule has 1 atom stereocenters. The zero-order valence-corrected chi connectivity index (χ0v) is 43.1. The van der Waals surface area contributed by atoms with Gasteiger partial charge in [0.1, 0.15) is 13.2 Å². The second-order valence-corrected chi connectivity index (χ2v) is 17.5. The van der Waals surface area contributed by atoms with E-state index in [1.807, 2.05) is 12.2 Å². The van der Waals surface area contributed by atoms with Gasteiger partial charge in [0.25, 0.3) is 0 Å². The Hall–Kier alpha value is -4.19. The predicted molar refractivity (Wildman–Crippen MR) is 288 cm³/mol. The largest absolute Gasteiger partial charge is 0.462 e. The van der Waals surface area contributed by atoms with Gasteiger partial charge in [-0.1, -0.05) is 219 Å². The summed E-state index contributed by atoms with van der Waals surface area (Å²) in [6.45, 7) is 6.38. The van der Waals surface area contributed by atoms with Gasteiger partial charge in [0, 0.05) is 19.3 Å². The van der Waals surface area contributed by atoms with Gasteiger partial charge in [-0.15, -0.1) is 0 Å². The maximum atomic E-state index is 12.8. The van der Waals surface area contributed by atoms with Crippen molar-refractivity contribution in [2.75, 3.05) is 13.2 Å². The molecule has 0 amide bonds. The van der Waals surface area contributed by atoms with Crippen molar-refractivity contribution in [2.45, 2.75) is 232 Å². The number of hydrogen-bond acceptors (Lipinski definition) is 6. The Labute approximate surface area is 412 Å². The molecule has 0 saturated heterocycles. The molecule has 67 heavy (non-hydrogen) atoms.